The van der Waals surface area contributed by atoms with Crippen LogP contribution >= 0.6 is 0 Å². The number of fused-ring (bicyclic) bond motifs is 1. The highest BCUT2D eigenvalue weighted by atomic mass is 16.6. The molecule has 1 aromatic heterocycles. The Morgan fingerprint density at radius 1 is 1.15 bits per heavy atom. The Morgan fingerprint density at radius 3 is 2.44 bits per heavy atom. The number of methoxy groups -OCH3 is 2. The monoisotopic (exact) mass is 374 g/mol. The van der Waals surface area contributed by atoms with E-state index in [9.17, 15) is 14.4 Å². The van der Waals surface area contributed by atoms with Gasteiger partial charge < -0.3 is 19.2 Å². The van der Waals surface area contributed by atoms with Gasteiger partial charge in [0.2, 0.25) is 0 Å². The summed E-state index contributed by atoms with van der Waals surface area (Å²) in [6, 6.07) is 6.75. The second kappa shape index (κ2) is 7.94. The maximum absolute atomic E-state index is 12.3. The number of nitrogens with one attached hydrogen (secondary N) is 2. The molecule has 0 aliphatic carbocycles. The minimum absolute atomic E-state index is 0.159. The van der Waals surface area contributed by atoms with E-state index in [-0.39, 0.29) is 11.3 Å². The SMILES string of the molecule is COC(=O)/C(=C/c1cc2cc(OC)ccc2[nH]c1=O)NC(=O)OC(C)(C)C. The Kier molecular flexibility index (Phi) is 5.89. The average molecular weight is 374 g/mol. The van der Waals surface area contributed by atoms with Crippen LogP contribution in [0.5, 0.6) is 5.75 Å². The van der Waals surface area contributed by atoms with Crippen LogP contribution in [0.1, 0.15) is 26.3 Å². The molecule has 8 heteroatoms. The number of hydrogen-bond donors (Lipinski definition) is 2. The van der Waals surface area contributed by atoms with Crippen molar-refractivity contribution in [2.75, 3.05) is 14.2 Å². The lowest BCUT2D eigenvalue weighted by atomic mass is 10.1. The van der Waals surface area contributed by atoms with Crippen molar-refractivity contribution in [1.29, 1.82) is 0 Å². The zero-order valence-electron chi connectivity index (χ0n) is 15.8. The minimum Gasteiger partial charge on any atom is -0.497 e. The predicted molar refractivity (Wildman–Crippen MR) is 100 cm³/mol. The van der Waals surface area contributed by atoms with Gasteiger partial charge in [0.05, 0.1) is 14.2 Å². The highest BCUT2D eigenvalue weighted by Crippen LogP contribution is 2.19. The van der Waals surface area contributed by atoms with E-state index < -0.39 is 23.2 Å². The van der Waals surface area contributed by atoms with E-state index in [4.69, 9.17) is 9.47 Å². The average Bonchev–Trinajstić information content (AvgIpc) is 2.59. The molecule has 27 heavy (non-hydrogen) atoms. The maximum Gasteiger partial charge on any atom is 0.412 e. The summed E-state index contributed by atoms with van der Waals surface area (Å²) in [4.78, 5) is 39.0. The summed E-state index contributed by atoms with van der Waals surface area (Å²) in [5.41, 5.74) is -0.633. The van der Waals surface area contributed by atoms with Crippen LogP contribution in [-0.4, -0.2) is 36.9 Å². The van der Waals surface area contributed by atoms with Gasteiger partial charge in [-0.25, -0.2) is 9.59 Å². The summed E-state index contributed by atoms with van der Waals surface area (Å²) in [6.45, 7) is 5.07. The van der Waals surface area contributed by atoms with Gasteiger partial charge in [-0.15, -0.1) is 0 Å². The standard InChI is InChI=1S/C19H22N2O6/c1-19(2,3)27-18(24)21-15(17(23)26-5)10-12-8-11-9-13(25-4)6-7-14(11)20-16(12)22/h6-10H,1-5H3,(H,20,22)(H,21,24)/b15-10-. The van der Waals surface area contributed by atoms with Crippen LogP contribution in [0.2, 0.25) is 0 Å². The van der Waals surface area contributed by atoms with Crippen molar-refractivity contribution < 1.29 is 23.8 Å². The molecule has 0 spiro atoms. The van der Waals surface area contributed by atoms with Crippen LogP contribution in [0.4, 0.5) is 4.79 Å². The molecule has 0 atom stereocenters. The molecule has 144 valence electrons. The first-order valence-electron chi connectivity index (χ1n) is 8.14. The van der Waals surface area contributed by atoms with Crippen LogP contribution in [0.25, 0.3) is 17.0 Å². The van der Waals surface area contributed by atoms with Crippen molar-refractivity contribution in [3.63, 3.8) is 0 Å². The molecule has 8 nitrogen and oxygen atoms in total. The van der Waals surface area contributed by atoms with E-state index in [1.807, 2.05) is 0 Å². The lowest BCUT2D eigenvalue weighted by molar-refractivity contribution is -0.136. The molecular weight excluding hydrogens is 352 g/mol. The first-order valence-corrected chi connectivity index (χ1v) is 8.14. The van der Waals surface area contributed by atoms with E-state index in [2.05, 4.69) is 15.0 Å². The molecule has 1 heterocycles. The van der Waals surface area contributed by atoms with E-state index in [1.165, 1.54) is 20.3 Å². The maximum atomic E-state index is 12.3. The van der Waals surface area contributed by atoms with Crippen LogP contribution in [-0.2, 0) is 14.3 Å². The second-order valence-corrected chi connectivity index (χ2v) is 6.68. The second-order valence-electron chi connectivity index (χ2n) is 6.68. The smallest absolute Gasteiger partial charge is 0.412 e. The normalized spacial score (nSPS) is 11.8. The number of aromatic amines is 1. The molecule has 0 radical (unpaired) electrons. The minimum atomic E-state index is -0.835. The van der Waals surface area contributed by atoms with Gasteiger partial charge in [0.25, 0.3) is 5.56 Å². The number of H-pyrrole nitrogens is 1. The Balaban J connectivity index is 2.45. The molecule has 2 N–H and O–H groups in total. The number of pyridine rings is 1. The molecular formula is C19H22N2O6. The number of amides is 1. The van der Waals surface area contributed by atoms with Gasteiger partial charge in [-0.1, -0.05) is 0 Å². The third-order valence-corrected chi connectivity index (χ3v) is 3.42. The quantitative estimate of drug-likeness (QED) is 0.629. The molecule has 0 aliphatic rings. The lowest BCUT2D eigenvalue weighted by Gasteiger charge is -2.20. The van der Waals surface area contributed by atoms with E-state index in [1.54, 1.807) is 45.0 Å². The highest BCUT2D eigenvalue weighted by Gasteiger charge is 2.20. The summed E-state index contributed by atoms with van der Waals surface area (Å²) in [5, 5.41) is 3.01. The highest BCUT2D eigenvalue weighted by molar-refractivity contribution is 5.97. The van der Waals surface area contributed by atoms with Gasteiger partial charge >= 0.3 is 12.1 Å². The number of aromatic nitrogens is 1. The van der Waals surface area contributed by atoms with Crippen LogP contribution in [0.15, 0.2) is 34.8 Å². The fourth-order valence-electron chi connectivity index (χ4n) is 2.26. The van der Waals surface area contributed by atoms with E-state index >= 15 is 0 Å². The number of rotatable bonds is 4. The van der Waals surface area contributed by atoms with Crippen molar-refractivity contribution in [3.05, 3.63) is 45.9 Å². The van der Waals surface area contributed by atoms with Gasteiger partial charge in [0.1, 0.15) is 17.0 Å². The predicted octanol–water partition coefficient (Wildman–Crippen LogP) is 2.58. The molecule has 2 aromatic rings. The molecule has 0 aliphatic heterocycles. The molecule has 1 amide bonds. The summed E-state index contributed by atoms with van der Waals surface area (Å²) >= 11 is 0. The Hall–Kier alpha value is -3.29. The van der Waals surface area contributed by atoms with Crippen molar-refractivity contribution in [3.8, 4) is 5.75 Å². The Labute approximate surface area is 156 Å². The summed E-state index contributed by atoms with van der Waals surface area (Å²) in [5.74, 6) is -0.199. The molecule has 2 rings (SSSR count). The van der Waals surface area contributed by atoms with Gasteiger partial charge in [0.15, 0.2) is 0 Å². The van der Waals surface area contributed by atoms with Crippen LogP contribution in [0, 0.1) is 0 Å². The number of carbonyl (C=O) groups excluding carboxylic acids is 2. The van der Waals surface area contributed by atoms with Gasteiger partial charge in [-0.3, -0.25) is 10.1 Å². The first-order chi connectivity index (χ1) is 12.6. The van der Waals surface area contributed by atoms with Gasteiger partial charge in [0, 0.05) is 16.5 Å². The summed E-state index contributed by atoms with van der Waals surface area (Å²) in [6.07, 6.45) is 0.395. The topological polar surface area (TPSA) is 107 Å². The molecule has 1 aromatic carbocycles. The Bertz CT molecular complexity index is 953. The molecule has 0 saturated carbocycles. The van der Waals surface area contributed by atoms with Gasteiger partial charge in [-0.2, -0.15) is 0 Å². The number of alkyl carbamates (subject to hydrolysis) is 1. The molecule has 0 unspecified atom stereocenters. The summed E-state index contributed by atoms with van der Waals surface area (Å²) < 4.78 is 15.0. The van der Waals surface area contributed by atoms with Crippen LogP contribution < -0.4 is 15.6 Å². The molecule has 0 saturated heterocycles. The van der Waals surface area contributed by atoms with E-state index in [0.29, 0.717) is 16.7 Å². The molecule has 0 fully saturated rings. The zero-order valence-corrected chi connectivity index (χ0v) is 15.8. The first kappa shape index (κ1) is 20.0. The largest absolute Gasteiger partial charge is 0.497 e. The molecule has 0 bridgehead atoms. The zero-order chi connectivity index (χ0) is 20.2. The van der Waals surface area contributed by atoms with Crippen molar-refractivity contribution in [2.24, 2.45) is 0 Å². The van der Waals surface area contributed by atoms with E-state index in [0.717, 1.165) is 0 Å². The Morgan fingerprint density at radius 2 is 1.85 bits per heavy atom. The third kappa shape index (κ3) is 5.34. The van der Waals surface area contributed by atoms with Crippen molar-refractivity contribution >= 4 is 29.0 Å². The van der Waals surface area contributed by atoms with Crippen molar-refractivity contribution in [1.82, 2.24) is 10.3 Å². The van der Waals surface area contributed by atoms with Crippen molar-refractivity contribution in [2.45, 2.75) is 26.4 Å². The number of carbonyl (C=O) groups is 2. The fraction of sp³-hybridized carbons (Fsp3) is 0.316. The van der Waals surface area contributed by atoms with Gasteiger partial charge in [-0.05, 0) is 51.1 Å². The van der Waals surface area contributed by atoms with Crippen LogP contribution in [0.3, 0.4) is 0 Å². The number of benzene rings is 1. The number of esters is 1. The summed E-state index contributed by atoms with van der Waals surface area (Å²) in [7, 11) is 2.70. The third-order valence-electron chi connectivity index (χ3n) is 3.42. The lowest BCUT2D eigenvalue weighted by Crippen LogP contribution is -2.34. The number of ether oxygens (including phenoxy) is 3. The number of hydrogen-bond acceptors (Lipinski definition) is 6. The fourth-order valence-corrected chi connectivity index (χ4v) is 2.26.